The second-order valence-electron chi connectivity index (χ2n) is 8.48. The van der Waals surface area contributed by atoms with E-state index >= 15 is 0 Å². The van der Waals surface area contributed by atoms with E-state index < -0.39 is 0 Å². The van der Waals surface area contributed by atoms with Gasteiger partial charge in [0.25, 0.3) is 0 Å². The minimum Gasteiger partial charge on any atom is -0.508 e. The van der Waals surface area contributed by atoms with E-state index in [2.05, 4.69) is 22.5 Å². The standard InChI is InChI=1S/C27H37N3O3.ClH.H2O/c1-2-3-7-18-33-24-12-9-22(10-13-24)30-27(32)8-5-4-6-16-28-17-15-21-20-29-26-14-11-23(31)19-25(21)26;;/h9-14,19-20,28-29,31H,2-8,15-18H2,1H3,(H,30,32);1H;1H2. The van der Waals surface area contributed by atoms with Gasteiger partial charge in [0.15, 0.2) is 0 Å². The molecule has 2 aromatic carbocycles. The second kappa shape index (κ2) is 16.8. The Balaban J connectivity index is 0.00000306. The van der Waals surface area contributed by atoms with Gasteiger partial charge in [0.05, 0.1) is 6.61 Å². The summed E-state index contributed by atoms with van der Waals surface area (Å²) in [7, 11) is 0. The molecule has 0 atom stereocenters. The average molecular weight is 506 g/mol. The largest absolute Gasteiger partial charge is 0.508 e. The molecule has 1 heterocycles. The molecule has 35 heavy (non-hydrogen) atoms. The number of ether oxygens (including phenoxy) is 1. The van der Waals surface area contributed by atoms with Crippen molar-refractivity contribution in [2.45, 2.75) is 58.3 Å². The van der Waals surface area contributed by atoms with Gasteiger partial charge in [0.2, 0.25) is 5.91 Å². The number of aromatic amines is 1. The third kappa shape index (κ3) is 10.6. The van der Waals surface area contributed by atoms with E-state index in [1.165, 1.54) is 18.4 Å². The fourth-order valence-electron chi connectivity index (χ4n) is 3.83. The summed E-state index contributed by atoms with van der Waals surface area (Å²) in [4.78, 5) is 15.4. The number of rotatable bonds is 15. The molecule has 8 heteroatoms. The maximum Gasteiger partial charge on any atom is 0.224 e. The number of nitrogens with one attached hydrogen (secondary N) is 3. The van der Waals surface area contributed by atoms with Crippen molar-refractivity contribution in [3.8, 4) is 11.5 Å². The topological polar surface area (TPSA) is 118 Å². The summed E-state index contributed by atoms with van der Waals surface area (Å²) in [5.74, 6) is 1.20. The Hall–Kier alpha value is -2.74. The first-order valence-electron chi connectivity index (χ1n) is 12.2. The molecule has 3 rings (SSSR count). The molecular weight excluding hydrogens is 466 g/mol. The van der Waals surface area contributed by atoms with Crippen LogP contribution in [0.15, 0.2) is 48.7 Å². The molecule has 0 saturated carbocycles. The number of halogens is 1. The van der Waals surface area contributed by atoms with Crippen molar-refractivity contribution >= 4 is 34.9 Å². The minimum absolute atomic E-state index is 0. The number of benzene rings is 2. The van der Waals surface area contributed by atoms with E-state index in [0.29, 0.717) is 12.2 Å². The maximum atomic E-state index is 12.2. The number of aromatic hydroxyl groups is 1. The molecule has 0 aliphatic rings. The summed E-state index contributed by atoms with van der Waals surface area (Å²) in [5.41, 5.74) is 3.07. The Kier molecular flexibility index (Phi) is 14.6. The summed E-state index contributed by atoms with van der Waals surface area (Å²) >= 11 is 0. The van der Waals surface area contributed by atoms with Gasteiger partial charge in [-0.25, -0.2) is 0 Å². The highest BCUT2D eigenvalue weighted by molar-refractivity contribution is 5.90. The highest BCUT2D eigenvalue weighted by Gasteiger charge is 2.05. The number of aromatic nitrogens is 1. The number of carbonyl (C=O) groups is 1. The lowest BCUT2D eigenvalue weighted by Crippen LogP contribution is -2.18. The zero-order valence-electron chi connectivity index (χ0n) is 20.6. The molecular formula is C27H40ClN3O4. The number of carbonyl (C=O) groups excluding carboxylic acids is 1. The quantitative estimate of drug-likeness (QED) is 0.207. The summed E-state index contributed by atoms with van der Waals surface area (Å²) < 4.78 is 5.70. The van der Waals surface area contributed by atoms with Crippen LogP contribution in [0.1, 0.15) is 57.4 Å². The maximum absolute atomic E-state index is 12.2. The Morgan fingerprint density at radius 3 is 2.57 bits per heavy atom. The molecule has 6 N–H and O–H groups in total. The van der Waals surface area contributed by atoms with Gasteiger partial charge >= 0.3 is 0 Å². The van der Waals surface area contributed by atoms with Gasteiger partial charge in [0, 0.05) is 29.2 Å². The highest BCUT2D eigenvalue weighted by Crippen LogP contribution is 2.23. The normalized spacial score (nSPS) is 10.4. The van der Waals surface area contributed by atoms with Crippen LogP contribution in [0.25, 0.3) is 10.9 Å². The Morgan fingerprint density at radius 1 is 1.00 bits per heavy atom. The van der Waals surface area contributed by atoms with Gasteiger partial charge in [-0.3, -0.25) is 4.79 Å². The van der Waals surface area contributed by atoms with E-state index in [0.717, 1.165) is 74.1 Å². The van der Waals surface area contributed by atoms with Gasteiger partial charge in [-0.15, -0.1) is 12.4 Å². The third-order valence-electron chi connectivity index (χ3n) is 5.73. The predicted molar refractivity (Wildman–Crippen MR) is 146 cm³/mol. The van der Waals surface area contributed by atoms with Gasteiger partial charge in [-0.05, 0) is 86.8 Å². The summed E-state index contributed by atoms with van der Waals surface area (Å²) in [6, 6.07) is 13.0. The molecule has 0 fully saturated rings. The third-order valence-corrected chi connectivity index (χ3v) is 5.73. The van der Waals surface area contributed by atoms with Crippen molar-refractivity contribution in [1.82, 2.24) is 10.3 Å². The zero-order chi connectivity index (χ0) is 23.3. The van der Waals surface area contributed by atoms with Crippen molar-refractivity contribution in [3.63, 3.8) is 0 Å². The van der Waals surface area contributed by atoms with E-state index in [-0.39, 0.29) is 23.8 Å². The number of H-pyrrole nitrogens is 1. The molecule has 0 unspecified atom stereocenters. The average Bonchev–Trinajstić information content (AvgIpc) is 3.21. The molecule has 0 saturated heterocycles. The Morgan fingerprint density at radius 2 is 1.80 bits per heavy atom. The number of phenolic OH excluding ortho intramolecular Hbond substituents is 1. The SMILES string of the molecule is CCCCCOc1ccc(NC(=O)CCCCCNCCc2c[nH]c3ccc(O)cc23)cc1.Cl.O. The summed E-state index contributed by atoms with van der Waals surface area (Å²) in [5, 5.41) is 17.2. The van der Waals surface area contributed by atoms with Crippen LogP contribution in [0.2, 0.25) is 0 Å². The van der Waals surface area contributed by atoms with Crippen LogP contribution in [-0.4, -0.2) is 41.2 Å². The van der Waals surface area contributed by atoms with E-state index in [1.807, 2.05) is 42.6 Å². The molecule has 1 aromatic heterocycles. The van der Waals surface area contributed by atoms with Crippen LogP contribution in [0, 0.1) is 0 Å². The molecule has 3 aromatic rings. The Labute approximate surface area is 214 Å². The molecule has 0 radical (unpaired) electrons. The number of amides is 1. The lowest BCUT2D eigenvalue weighted by molar-refractivity contribution is -0.116. The van der Waals surface area contributed by atoms with E-state index in [4.69, 9.17) is 4.74 Å². The summed E-state index contributed by atoms with van der Waals surface area (Å²) in [6.45, 7) is 4.74. The number of unbranched alkanes of at least 4 members (excludes halogenated alkanes) is 4. The van der Waals surface area contributed by atoms with Gasteiger partial charge < -0.3 is 30.9 Å². The van der Waals surface area contributed by atoms with Crippen LogP contribution < -0.4 is 15.4 Å². The first-order valence-corrected chi connectivity index (χ1v) is 12.2. The first kappa shape index (κ1) is 30.3. The highest BCUT2D eigenvalue weighted by atomic mass is 35.5. The fourth-order valence-corrected chi connectivity index (χ4v) is 3.83. The zero-order valence-corrected chi connectivity index (χ0v) is 21.4. The molecule has 194 valence electrons. The lowest BCUT2D eigenvalue weighted by atomic mass is 10.1. The first-order chi connectivity index (χ1) is 16.2. The van der Waals surface area contributed by atoms with Crippen LogP contribution in [0.5, 0.6) is 11.5 Å². The van der Waals surface area contributed by atoms with E-state index in [1.54, 1.807) is 6.07 Å². The Bertz CT molecular complexity index is 992. The number of fused-ring (bicyclic) bond motifs is 1. The smallest absolute Gasteiger partial charge is 0.224 e. The van der Waals surface area contributed by atoms with Crippen molar-refractivity contribution < 1.29 is 20.1 Å². The van der Waals surface area contributed by atoms with E-state index in [9.17, 15) is 9.90 Å². The van der Waals surface area contributed by atoms with Gasteiger partial charge in [0.1, 0.15) is 11.5 Å². The molecule has 0 aliphatic heterocycles. The number of hydrogen-bond acceptors (Lipinski definition) is 4. The molecule has 0 aliphatic carbocycles. The van der Waals surface area contributed by atoms with Gasteiger partial charge in [-0.2, -0.15) is 0 Å². The monoisotopic (exact) mass is 505 g/mol. The predicted octanol–water partition coefficient (Wildman–Crippen LogP) is 5.37. The fraction of sp³-hybridized carbons (Fsp3) is 0.444. The lowest BCUT2D eigenvalue weighted by Gasteiger charge is -2.08. The van der Waals surface area contributed by atoms with Crippen LogP contribution in [0.3, 0.4) is 0 Å². The number of hydrogen-bond donors (Lipinski definition) is 4. The number of phenols is 1. The molecule has 1 amide bonds. The number of anilines is 1. The van der Waals surface area contributed by atoms with Crippen LogP contribution in [-0.2, 0) is 11.2 Å². The van der Waals surface area contributed by atoms with Crippen molar-refractivity contribution in [2.24, 2.45) is 0 Å². The molecule has 7 nitrogen and oxygen atoms in total. The molecule has 0 bridgehead atoms. The minimum atomic E-state index is 0. The second-order valence-corrected chi connectivity index (χ2v) is 8.48. The van der Waals surface area contributed by atoms with Crippen LogP contribution in [0.4, 0.5) is 5.69 Å². The van der Waals surface area contributed by atoms with Crippen molar-refractivity contribution in [2.75, 3.05) is 25.0 Å². The summed E-state index contributed by atoms with van der Waals surface area (Å²) in [6.07, 6.45) is 9.84. The van der Waals surface area contributed by atoms with Crippen molar-refractivity contribution in [1.29, 1.82) is 0 Å². The van der Waals surface area contributed by atoms with Gasteiger partial charge in [-0.1, -0.05) is 26.2 Å². The molecule has 0 spiro atoms. The van der Waals surface area contributed by atoms with Crippen molar-refractivity contribution in [3.05, 3.63) is 54.2 Å². The van der Waals surface area contributed by atoms with Crippen LogP contribution >= 0.6 is 12.4 Å².